The Labute approximate surface area is 65.6 Å². The minimum absolute atomic E-state index is 0.566. The van der Waals surface area contributed by atoms with E-state index in [2.05, 4.69) is 16.4 Å². The van der Waals surface area contributed by atoms with Crippen molar-refractivity contribution in [3.05, 3.63) is 29.6 Å². The molecule has 3 heterocycles. The van der Waals surface area contributed by atoms with Gasteiger partial charge in [0.05, 0.1) is 11.7 Å². The van der Waals surface area contributed by atoms with Crippen LogP contribution in [0.3, 0.4) is 0 Å². The fourth-order valence-electron chi connectivity index (χ4n) is 2.22. The second-order valence-corrected chi connectivity index (χ2v) is 3.33. The van der Waals surface area contributed by atoms with E-state index in [0.29, 0.717) is 12.1 Å². The first kappa shape index (κ1) is 5.72. The number of pyridine rings is 1. The summed E-state index contributed by atoms with van der Waals surface area (Å²) in [5, 5.41) is 3.53. The Kier molecular flexibility index (Phi) is 0.950. The molecule has 0 aliphatic carbocycles. The Balaban J connectivity index is 2.23. The van der Waals surface area contributed by atoms with Crippen LogP contribution in [0.15, 0.2) is 18.3 Å². The lowest BCUT2D eigenvalue weighted by Crippen LogP contribution is -2.06. The number of rotatable bonds is 0. The van der Waals surface area contributed by atoms with Crippen LogP contribution in [0.25, 0.3) is 0 Å². The van der Waals surface area contributed by atoms with Crippen molar-refractivity contribution in [1.29, 1.82) is 0 Å². The average molecular weight is 146 g/mol. The Morgan fingerprint density at radius 3 is 3.18 bits per heavy atom. The number of aromatic nitrogens is 1. The zero-order chi connectivity index (χ0) is 7.26. The van der Waals surface area contributed by atoms with Crippen LogP contribution in [0.4, 0.5) is 0 Å². The third-order valence-corrected chi connectivity index (χ3v) is 2.72. The molecular formula is C9H10N2. The molecule has 0 unspecified atom stereocenters. The average Bonchev–Trinajstić information content (AvgIpc) is 2.64. The van der Waals surface area contributed by atoms with E-state index >= 15 is 0 Å². The lowest BCUT2D eigenvalue weighted by atomic mass is 9.96. The molecule has 2 aliphatic rings. The van der Waals surface area contributed by atoms with Gasteiger partial charge in [-0.15, -0.1) is 0 Å². The fourth-order valence-corrected chi connectivity index (χ4v) is 2.22. The van der Waals surface area contributed by atoms with E-state index in [-0.39, 0.29) is 0 Å². The maximum absolute atomic E-state index is 4.38. The van der Waals surface area contributed by atoms with E-state index in [4.69, 9.17) is 0 Å². The highest BCUT2D eigenvalue weighted by molar-refractivity contribution is 5.34. The number of hydrogen-bond donors (Lipinski definition) is 1. The summed E-state index contributed by atoms with van der Waals surface area (Å²) in [6.07, 6.45) is 4.46. The molecule has 1 N–H and O–H groups in total. The summed E-state index contributed by atoms with van der Waals surface area (Å²) < 4.78 is 0. The first-order valence-electron chi connectivity index (χ1n) is 4.16. The molecule has 1 fully saturated rings. The SMILES string of the molecule is c1cnc2c(c1)[C@H]1CC[C@H]2N1. The predicted molar refractivity (Wildman–Crippen MR) is 42.1 cm³/mol. The van der Waals surface area contributed by atoms with E-state index in [9.17, 15) is 0 Å². The summed E-state index contributed by atoms with van der Waals surface area (Å²) in [5.41, 5.74) is 2.73. The van der Waals surface area contributed by atoms with Gasteiger partial charge in [0.2, 0.25) is 0 Å². The van der Waals surface area contributed by atoms with Gasteiger partial charge in [0.25, 0.3) is 0 Å². The van der Waals surface area contributed by atoms with E-state index in [1.54, 1.807) is 0 Å². The van der Waals surface area contributed by atoms with Gasteiger partial charge in [-0.3, -0.25) is 4.98 Å². The lowest BCUT2D eigenvalue weighted by molar-refractivity contribution is 0.632. The Morgan fingerprint density at radius 2 is 2.27 bits per heavy atom. The zero-order valence-electron chi connectivity index (χ0n) is 6.25. The minimum Gasteiger partial charge on any atom is -0.302 e. The summed E-state index contributed by atoms with van der Waals surface area (Å²) >= 11 is 0. The number of fused-ring (bicyclic) bond motifs is 5. The van der Waals surface area contributed by atoms with Crippen LogP contribution >= 0.6 is 0 Å². The number of nitrogens with one attached hydrogen (secondary N) is 1. The Bertz CT molecular complexity index is 266. The van der Waals surface area contributed by atoms with Gasteiger partial charge in [0, 0.05) is 12.2 Å². The van der Waals surface area contributed by atoms with E-state index in [1.165, 1.54) is 24.1 Å². The molecule has 0 aromatic carbocycles. The molecule has 2 aliphatic heterocycles. The number of hydrogen-bond acceptors (Lipinski definition) is 2. The largest absolute Gasteiger partial charge is 0.302 e. The van der Waals surface area contributed by atoms with Gasteiger partial charge in [-0.2, -0.15) is 0 Å². The highest BCUT2D eigenvalue weighted by Crippen LogP contribution is 2.43. The van der Waals surface area contributed by atoms with Crippen LogP contribution in [0.5, 0.6) is 0 Å². The molecule has 56 valence electrons. The molecule has 2 nitrogen and oxygen atoms in total. The molecule has 2 atom stereocenters. The molecule has 2 heteroatoms. The standard InChI is InChI=1S/C9H10N2/c1-2-6-7-3-4-8(11-7)9(6)10-5-1/h1-2,5,7-8,11H,3-4H2/t7-,8-/m1/s1. The third kappa shape index (κ3) is 0.627. The van der Waals surface area contributed by atoms with Gasteiger partial charge >= 0.3 is 0 Å². The van der Waals surface area contributed by atoms with Gasteiger partial charge in [0.15, 0.2) is 0 Å². The molecular weight excluding hydrogens is 136 g/mol. The van der Waals surface area contributed by atoms with Crippen LogP contribution in [0.1, 0.15) is 36.2 Å². The molecule has 1 aromatic heterocycles. The normalized spacial score (nSPS) is 32.4. The van der Waals surface area contributed by atoms with Gasteiger partial charge in [-0.25, -0.2) is 0 Å². The first-order valence-corrected chi connectivity index (χ1v) is 4.16. The number of nitrogens with zero attached hydrogens (tertiary/aromatic N) is 1. The first-order chi connectivity index (χ1) is 5.45. The molecule has 3 rings (SSSR count). The van der Waals surface area contributed by atoms with Gasteiger partial charge in [-0.1, -0.05) is 6.07 Å². The summed E-state index contributed by atoms with van der Waals surface area (Å²) in [7, 11) is 0. The van der Waals surface area contributed by atoms with Crippen LogP contribution < -0.4 is 5.32 Å². The van der Waals surface area contributed by atoms with Gasteiger partial charge in [-0.05, 0) is 24.5 Å². The summed E-state index contributed by atoms with van der Waals surface area (Å²) in [4.78, 5) is 4.38. The van der Waals surface area contributed by atoms with Crippen molar-refractivity contribution >= 4 is 0 Å². The topological polar surface area (TPSA) is 24.9 Å². The van der Waals surface area contributed by atoms with Gasteiger partial charge in [0.1, 0.15) is 0 Å². The van der Waals surface area contributed by atoms with Crippen LogP contribution in [-0.2, 0) is 0 Å². The molecule has 1 aromatic rings. The predicted octanol–water partition coefficient (Wildman–Crippen LogP) is 1.56. The van der Waals surface area contributed by atoms with Crippen LogP contribution in [0, 0.1) is 0 Å². The van der Waals surface area contributed by atoms with Crippen molar-refractivity contribution in [2.45, 2.75) is 24.9 Å². The van der Waals surface area contributed by atoms with E-state index < -0.39 is 0 Å². The Hall–Kier alpha value is -0.890. The van der Waals surface area contributed by atoms with E-state index in [0.717, 1.165) is 0 Å². The molecule has 0 saturated carbocycles. The summed E-state index contributed by atoms with van der Waals surface area (Å²) in [6.45, 7) is 0. The van der Waals surface area contributed by atoms with Crippen molar-refractivity contribution in [1.82, 2.24) is 10.3 Å². The van der Waals surface area contributed by atoms with E-state index in [1.807, 2.05) is 12.3 Å². The maximum atomic E-state index is 4.38. The third-order valence-electron chi connectivity index (χ3n) is 2.72. The Morgan fingerprint density at radius 1 is 1.36 bits per heavy atom. The van der Waals surface area contributed by atoms with Crippen molar-refractivity contribution in [3.63, 3.8) is 0 Å². The second-order valence-electron chi connectivity index (χ2n) is 3.33. The fraction of sp³-hybridized carbons (Fsp3) is 0.444. The smallest absolute Gasteiger partial charge is 0.0621 e. The molecule has 2 bridgehead atoms. The monoisotopic (exact) mass is 146 g/mol. The quantitative estimate of drug-likeness (QED) is 0.600. The van der Waals surface area contributed by atoms with Crippen molar-refractivity contribution in [3.8, 4) is 0 Å². The summed E-state index contributed by atoms with van der Waals surface area (Å²) in [6, 6.07) is 5.40. The highest BCUT2D eigenvalue weighted by atomic mass is 15.0. The summed E-state index contributed by atoms with van der Waals surface area (Å²) in [5.74, 6) is 0. The zero-order valence-corrected chi connectivity index (χ0v) is 6.25. The molecule has 0 spiro atoms. The van der Waals surface area contributed by atoms with Crippen molar-refractivity contribution < 1.29 is 0 Å². The van der Waals surface area contributed by atoms with Gasteiger partial charge < -0.3 is 5.32 Å². The maximum Gasteiger partial charge on any atom is 0.0621 e. The van der Waals surface area contributed by atoms with Crippen LogP contribution in [-0.4, -0.2) is 4.98 Å². The lowest BCUT2D eigenvalue weighted by Gasteiger charge is -2.09. The molecule has 0 radical (unpaired) electrons. The molecule has 11 heavy (non-hydrogen) atoms. The van der Waals surface area contributed by atoms with Crippen LogP contribution in [0.2, 0.25) is 0 Å². The van der Waals surface area contributed by atoms with Crippen molar-refractivity contribution in [2.75, 3.05) is 0 Å². The minimum atomic E-state index is 0.566. The molecule has 1 saturated heterocycles. The molecule has 0 amide bonds. The second kappa shape index (κ2) is 1.83. The van der Waals surface area contributed by atoms with Crippen molar-refractivity contribution in [2.24, 2.45) is 0 Å². The highest BCUT2D eigenvalue weighted by Gasteiger charge is 2.36.